The highest BCUT2D eigenvalue weighted by molar-refractivity contribution is 7.92. The minimum atomic E-state index is -3.60. The van der Waals surface area contributed by atoms with Crippen molar-refractivity contribution in [3.8, 4) is 5.75 Å². The van der Waals surface area contributed by atoms with Gasteiger partial charge in [-0.05, 0) is 30.2 Å². The summed E-state index contributed by atoms with van der Waals surface area (Å²) >= 11 is 0. The zero-order valence-corrected chi connectivity index (χ0v) is 12.1. The number of ether oxygens (including phenoxy) is 1. The Bertz CT molecular complexity index is 634. The van der Waals surface area contributed by atoms with E-state index in [1.807, 2.05) is 13.8 Å². The third-order valence-electron chi connectivity index (χ3n) is 2.47. The number of sulfonamides is 1. The van der Waals surface area contributed by atoms with Crippen LogP contribution in [0.4, 0.5) is 5.69 Å². The second-order valence-electron chi connectivity index (χ2n) is 4.77. The largest absolute Gasteiger partial charge is 0.493 e. The molecule has 0 bridgehead atoms. The molecule has 2 rings (SSSR count). The summed E-state index contributed by atoms with van der Waals surface area (Å²) in [5.41, 5.74) is 0.394. The number of hydrogen-bond donors (Lipinski definition) is 2. The van der Waals surface area contributed by atoms with Crippen LogP contribution >= 0.6 is 0 Å². The summed E-state index contributed by atoms with van der Waals surface area (Å²) in [6.07, 6.45) is 2.87. The van der Waals surface area contributed by atoms with Crippen molar-refractivity contribution in [2.75, 3.05) is 11.3 Å². The van der Waals surface area contributed by atoms with Gasteiger partial charge in [-0.1, -0.05) is 13.8 Å². The molecular formula is C13H17N3O3S. The van der Waals surface area contributed by atoms with Crippen LogP contribution in [0.25, 0.3) is 0 Å². The van der Waals surface area contributed by atoms with Gasteiger partial charge in [-0.2, -0.15) is 5.10 Å². The lowest BCUT2D eigenvalue weighted by Gasteiger charge is -2.10. The molecule has 0 saturated carbocycles. The summed E-state index contributed by atoms with van der Waals surface area (Å²) in [6, 6.07) is 6.31. The third-order valence-corrected chi connectivity index (χ3v) is 3.87. The first-order valence-corrected chi connectivity index (χ1v) is 7.70. The minimum Gasteiger partial charge on any atom is -0.493 e. The molecule has 2 N–H and O–H groups in total. The fraction of sp³-hybridized carbons (Fsp3) is 0.308. The molecule has 0 aliphatic rings. The first kappa shape index (κ1) is 14.4. The van der Waals surface area contributed by atoms with Crippen molar-refractivity contribution in [1.29, 1.82) is 0 Å². The Balaban J connectivity index is 2.08. The molecule has 0 saturated heterocycles. The van der Waals surface area contributed by atoms with Crippen molar-refractivity contribution in [1.82, 2.24) is 10.2 Å². The first-order chi connectivity index (χ1) is 9.47. The van der Waals surface area contributed by atoms with Crippen molar-refractivity contribution >= 4 is 15.7 Å². The molecule has 20 heavy (non-hydrogen) atoms. The maximum absolute atomic E-state index is 12.1. The average molecular weight is 295 g/mol. The Morgan fingerprint density at radius 2 is 2.00 bits per heavy atom. The molecule has 0 fully saturated rings. The molecule has 0 unspecified atom stereocenters. The van der Waals surface area contributed by atoms with Gasteiger partial charge in [0.05, 0.1) is 23.4 Å². The average Bonchev–Trinajstić information content (AvgIpc) is 2.89. The lowest BCUT2D eigenvalue weighted by molar-refractivity contribution is 0.271. The molecule has 6 nitrogen and oxygen atoms in total. The zero-order valence-electron chi connectivity index (χ0n) is 11.3. The highest BCUT2D eigenvalue weighted by Crippen LogP contribution is 2.19. The molecule has 0 radical (unpaired) electrons. The number of nitrogens with zero attached hydrogens (tertiary/aromatic N) is 1. The molecule has 108 valence electrons. The number of rotatable bonds is 6. The summed E-state index contributed by atoms with van der Waals surface area (Å²) in [5.74, 6) is 1.07. The van der Waals surface area contributed by atoms with Crippen LogP contribution in [0.3, 0.4) is 0 Å². The van der Waals surface area contributed by atoms with Crippen molar-refractivity contribution in [2.24, 2.45) is 5.92 Å². The van der Waals surface area contributed by atoms with E-state index in [-0.39, 0.29) is 4.90 Å². The zero-order chi connectivity index (χ0) is 14.6. The Morgan fingerprint density at radius 1 is 1.30 bits per heavy atom. The standard InChI is InChI=1S/C13H17N3O3S/c1-10(2)9-19-12-3-5-13(6-4-12)20(17,18)16-11-7-14-15-8-11/h3-8,10,16H,9H2,1-2H3,(H,14,15). The van der Waals surface area contributed by atoms with Crippen molar-refractivity contribution in [3.05, 3.63) is 36.7 Å². The van der Waals surface area contributed by atoms with Crippen LogP contribution in [0, 0.1) is 5.92 Å². The van der Waals surface area contributed by atoms with E-state index in [9.17, 15) is 8.42 Å². The summed E-state index contributed by atoms with van der Waals surface area (Å²) in [5, 5.41) is 6.23. The van der Waals surface area contributed by atoms with Crippen molar-refractivity contribution in [2.45, 2.75) is 18.7 Å². The molecule has 1 aromatic carbocycles. The van der Waals surface area contributed by atoms with Crippen LogP contribution in [0.1, 0.15) is 13.8 Å². The fourth-order valence-corrected chi connectivity index (χ4v) is 2.53. The van der Waals surface area contributed by atoms with Crippen LogP contribution < -0.4 is 9.46 Å². The van der Waals surface area contributed by atoms with Gasteiger partial charge in [-0.3, -0.25) is 9.82 Å². The van der Waals surface area contributed by atoms with Gasteiger partial charge in [0.1, 0.15) is 5.75 Å². The minimum absolute atomic E-state index is 0.176. The second-order valence-corrected chi connectivity index (χ2v) is 6.45. The second kappa shape index (κ2) is 5.96. The van der Waals surface area contributed by atoms with E-state index in [0.29, 0.717) is 24.0 Å². The summed E-state index contributed by atoms with van der Waals surface area (Å²) in [4.78, 5) is 0.176. The Labute approximate surface area is 118 Å². The third kappa shape index (κ3) is 3.74. The monoisotopic (exact) mass is 295 g/mol. The van der Waals surface area contributed by atoms with Gasteiger partial charge in [0, 0.05) is 6.20 Å². The summed E-state index contributed by atoms with van der Waals surface area (Å²) in [7, 11) is -3.60. The van der Waals surface area contributed by atoms with E-state index in [1.165, 1.54) is 24.5 Å². The molecule has 1 aromatic heterocycles. The predicted octanol–water partition coefficient (Wildman–Crippen LogP) is 2.25. The van der Waals surface area contributed by atoms with Crippen LogP contribution in [-0.4, -0.2) is 25.2 Å². The first-order valence-electron chi connectivity index (χ1n) is 6.22. The molecule has 7 heteroatoms. The number of nitrogens with one attached hydrogen (secondary N) is 2. The number of hydrogen-bond acceptors (Lipinski definition) is 4. The van der Waals surface area contributed by atoms with Crippen LogP contribution in [0.2, 0.25) is 0 Å². The van der Waals surface area contributed by atoms with Crippen molar-refractivity contribution < 1.29 is 13.2 Å². The van der Waals surface area contributed by atoms with E-state index in [4.69, 9.17) is 4.74 Å². The summed E-state index contributed by atoms with van der Waals surface area (Å²) in [6.45, 7) is 4.70. The number of H-pyrrole nitrogens is 1. The number of anilines is 1. The molecule has 0 aliphatic heterocycles. The topological polar surface area (TPSA) is 84.1 Å². The maximum Gasteiger partial charge on any atom is 0.261 e. The van der Waals surface area contributed by atoms with E-state index < -0.39 is 10.0 Å². The highest BCUT2D eigenvalue weighted by atomic mass is 32.2. The molecule has 0 amide bonds. The van der Waals surface area contributed by atoms with Crippen LogP contribution in [0.5, 0.6) is 5.75 Å². The van der Waals surface area contributed by atoms with Gasteiger partial charge in [-0.15, -0.1) is 0 Å². The van der Waals surface area contributed by atoms with E-state index in [0.717, 1.165) is 0 Å². The SMILES string of the molecule is CC(C)COc1ccc(S(=O)(=O)Nc2cn[nH]c2)cc1. The van der Waals surface area contributed by atoms with Gasteiger partial charge in [0.2, 0.25) is 0 Å². The van der Waals surface area contributed by atoms with Gasteiger partial charge >= 0.3 is 0 Å². The molecule has 0 spiro atoms. The number of benzene rings is 1. The lowest BCUT2D eigenvalue weighted by Crippen LogP contribution is -2.12. The van der Waals surface area contributed by atoms with Crippen LogP contribution in [-0.2, 0) is 10.0 Å². The van der Waals surface area contributed by atoms with Crippen molar-refractivity contribution in [3.63, 3.8) is 0 Å². The number of aromatic nitrogens is 2. The number of aromatic amines is 1. The maximum atomic E-state index is 12.1. The quantitative estimate of drug-likeness (QED) is 0.856. The Kier molecular flexibility index (Phi) is 4.29. The van der Waals surface area contributed by atoms with E-state index >= 15 is 0 Å². The van der Waals surface area contributed by atoms with Gasteiger partial charge < -0.3 is 4.74 Å². The van der Waals surface area contributed by atoms with E-state index in [2.05, 4.69) is 14.9 Å². The Hall–Kier alpha value is -2.02. The highest BCUT2D eigenvalue weighted by Gasteiger charge is 2.14. The molecule has 0 aliphatic carbocycles. The normalized spacial score (nSPS) is 11.6. The lowest BCUT2D eigenvalue weighted by atomic mass is 10.2. The molecule has 2 aromatic rings. The Morgan fingerprint density at radius 3 is 2.55 bits per heavy atom. The van der Waals surface area contributed by atoms with E-state index in [1.54, 1.807) is 12.1 Å². The predicted molar refractivity (Wildman–Crippen MR) is 76.2 cm³/mol. The molecule has 0 atom stereocenters. The fourth-order valence-electron chi connectivity index (χ4n) is 1.50. The van der Waals surface area contributed by atoms with Gasteiger partial charge in [0.25, 0.3) is 10.0 Å². The van der Waals surface area contributed by atoms with Gasteiger partial charge in [0.15, 0.2) is 0 Å². The van der Waals surface area contributed by atoms with Crippen LogP contribution in [0.15, 0.2) is 41.6 Å². The summed E-state index contributed by atoms with van der Waals surface area (Å²) < 4.78 is 32.1. The smallest absolute Gasteiger partial charge is 0.261 e. The molecule has 1 heterocycles. The van der Waals surface area contributed by atoms with Gasteiger partial charge in [-0.25, -0.2) is 8.42 Å². The molecular weight excluding hydrogens is 278 g/mol.